The molecule has 6 nitrogen and oxygen atoms in total. The van der Waals surface area contributed by atoms with Crippen molar-refractivity contribution in [3.05, 3.63) is 65.5 Å². The highest BCUT2D eigenvalue weighted by molar-refractivity contribution is 7.98. The van der Waals surface area contributed by atoms with Crippen LogP contribution in [0.1, 0.15) is 28.7 Å². The lowest BCUT2D eigenvalue weighted by atomic mass is 10.2. The van der Waals surface area contributed by atoms with Gasteiger partial charge in [0.05, 0.1) is 18.0 Å². The molecule has 3 rings (SSSR count). The molecule has 1 heterocycles. The number of aryl methyl sites for hydroxylation is 1. The predicted molar refractivity (Wildman–Crippen MR) is 100 cm³/mol. The van der Waals surface area contributed by atoms with Crippen LogP contribution < -0.4 is 4.74 Å². The molecule has 0 aliphatic heterocycles. The minimum absolute atomic E-state index is 0.0292. The molecule has 134 valence electrons. The summed E-state index contributed by atoms with van der Waals surface area (Å²) in [7, 11) is 0. The van der Waals surface area contributed by atoms with Crippen molar-refractivity contribution in [2.75, 3.05) is 6.61 Å². The van der Waals surface area contributed by atoms with Crippen molar-refractivity contribution in [2.45, 2.75) is 24.5 Å². The van der Waals surface area contributed by atoms with E-state index in [0.29, 0.717) is 18.1 Å². The molecule has 0 aliphatic carbocycles. The average Bonchev–Trinajstić information content (AvgIpc) is 3.06. The Kier molecular flexibility index (Phi) is 5.58. The van der Waals surface area contributed by atoms with Crippen molar-refractivity contribution in [1.82, 2.24) is 15.0 Å². The molecule has 0 bridgehead atoms. The summed E-state index contributed by atoms with van der Waals surface area (Å²) in [4.78, 5) is 12.6. The molecule has 1 aromatic heterocycles. The molecule has 0 amide bonds. The van der Waals surface area contributed by atoms with Gasteiger partial charge in [0, 0.05) is 10.6 Å². The van der Waals surface area contributed by atoms with Crippen LogP contribution in [0.25, 0.3) is 5.69 Å². The average molecular weight is 369 g/mol. The van der Waals surface area contributed by atoms with E-state index >= 15 is 0 Å². The van der Waals surface area contributed by atoms with Gasteiger partial charge in [0.2, 0.25) is 0 Å². The van der Waals surface area contributed by atoms with E-state index in [1.807, 2.05) is 62.4 Å². The second-order valence-electron chi connectivity index (χ2n) is 5.63. The molecular formula is C19H19N3O3S. The lowest BCUT2D eigenvalue weighted by molar-refractivity contribution is 0.0689. The van der Waals surface area contributed by atoms with E-state index < -0.39 is 5.97 Å². The summed E-state index contributed by atoms with van der Waals surface area (Å²) in [6, 6.07) is 15.4. The van der Waals surface area contributed by atoms with E-state index in [2.05, 4.69) is 10.3 Å². The van der Waals surface area contributed by atoms with Gasteiger partial charge in [0.15, 0.2) is 5.69 Å². The van der Waals surface area contributed by atoms with Crippen LogP contribution in [0.2, 0.25) is 0 Å². The molecule has 0 fully saturated rings. The first-order valence-corrected chi connectivity index (χ1v) is 9.17. The maximum atomic E-state index is 11.5. The molecule has 1 N–H and O–H groups in total. The van der Waals surface area contributed by atoms with E-state index in [0.717, 1.165) is 16.3 Å². The Morgan fingerprint density at radius 2 is 1.85 bits per heavy atom. The van der Waals surface area contributed by atoms with Crippen LogP contribution in [0, 0.1) is 6.92 Å². The summed E-state index contributed by atoms with van der Waals surface area (Å²) in [5.74, 6) is 0.123. The number of ether oxygens (including phenoxy) is 1. The van der Waals surface area contributed by atoms with Gasteiger partial charge in [-0.25, -0.2) is 9.48 Å². The number of aromatic nitrogens is 3. The fourth-order valence-electron chi connectivity index (χ4n) is 2.44. The van der Waals surface area contributed by atoms with Crippen molar-refractivity contribution >= 4 is 17.7 Å². The lowest BCUT2D eigenvalue weighted by Crippen LogP contribution is -2.06. The minimum Gasteiger partial charge on any atom is -0.494 e. The van der Waals surface area contributed by atoms with Crippen LogP contribution in [0.5, 0.6) is 5.75 Å². The zero-order valence-corrected chi connectivity index (χ0v) is 15.4. The maximum absolute atomic E-state index is 11.5. The molecule has 26 heavy (non-hydrogen) atoms. The SMILES string of the molecule is CCOc1ccc(-n2nnc(C(=O)O)c2CSc2ccc(C)cc2)cc1. The predicted octanol–water partition coefficient (Wildman–Crippen LogP) is 3.96. The van der Waals surface area contributed by atoms with Crippen LogP contribution in [0.4, 0.5) is 0 Å². The zero-order chi connectivity index (χ0) is 18.5. The highest BCUT2D eigenvalue weighted by Crippen LogP contribution is 2.26. The minimum atomic E-state index is -1.08. The molecule has 7 heteroatoms. The van der Waals surface area contributed by atoms with Crippen molar-refractivity contribution in [2.24, 2.45) is 0 Å². The number of carbonyl (C=O) groups is 1. The Balaban J connectivity index is 1.88. The molecule has 0 radical (unpaired) electrons. The van der Waals surface area contributed by atoms with Crippen molar-refractivity contribution in [1.29, 1.82) is 0 Å². The van der Waals surface area contributed by atoms with Gasteiger partial charge in [-0.15, -0.1) is 16.9 Å². The number of nitrogens with zero attached hydrogens (tertiary/aromatic N) is 3. The molecule has 0 atom stereocenters. The second kappa shape index (κ2) is 8.05. The van der Waals surface area contributed by atoms with Crippen LogP contribution in [-0.2, 0) is 5.75 Å². The van der Waals surface area contributed by atoms with E-state index in [4.69, 9.17) is 4.74 Å². The molecule has 0 unspecified atom stereocenters. The first-order valence-electron chi connectivity index (χ1n) is 8.19. The zero-order valence-electron chi connectivity index (χ0n) is 14.5. The van der Waals surface area contributed by atoms with Gasteiger partial charge in [-0.3, -0.25) is 0 Å². The fourth-order valence-corrected chi connectivity index (χ4v) is 3.33. The van der Waals surface area contributed by atoms with Gasteiger partial charge in [-0.2, -0.15) is 0 Å². The Hall–Kier alpha value is -2.80. The van der Waals surface area contributed by atoms with Crippen molar-refractivity contribution in [3.8, 4) is 11.4 Å². The third-order valence-corrected chi connectivity index (χ3v) is 4.78. The van der Waals surface area contributed by atoms with Crippen LogP contribution in [0.3, 0.4) is 0 Å². The summed E-state index contributed by atoms with van der Waals surface area (Å²) in [6.07, 6.45) is 0. The normalized spacial score (nSPS) is 10.7. The fraction of sp³-hybridized carbons (Fsp3) is 0.211. The number of hydrogen-bond acceptors (Lipinski definition) is 5. The monoisotopic (exact) mass is 369 g/mol. The number of carboxylic acid groups (broad SMARTS) is 1. The second-order valence-corrected chi connectivity index (χ2v) is 6.68. The molecule has 3 aromatic rings. The van der Waals surface area contributed by atoms with E-state index in [9.17, 15) is 9.90 Å². The van der Waals surface area contributed by atoms with Gasteiger partial charge in [0.1, 0.15) is 5.75 Å². The van der Waals surface area contributed by atoms with Crippen LogP contribution in [0.15, 0.2) is 53.4 Å². The summed E-state index contributed by atoms with van der Waals surface area (Å²) in [5.41, 5.74) is 2.44. The van der Waals surface area contributed by atoms with Crippen molar-refractivity contribution < 1.29 is 14.6 Å². The van der Waals surface area contributed by atoms with Crippen LogP contribution >= 0.6 is 11.8 Å². The number of aromatic carboxylic acids is 1. The van der Waals surface area contributed by atoms with Gasteiger partial charge in [0.25, 0.3) is 0 Å². The Morgan fingerprint density at radius 3 is 2.46 bits per heavy atom. The lowest BCUT2D eigenvalue weighted by Gasteiger charge is -2.09. The Labute approximate surface area is 155 Å². The number of carboxylic acids is 1. The number of benzene rings is 2. The molecule has 0 spiro atoms. The quantitative estimate of drug-likeness (QED) is 0.635. The van der Waals surface area contributed by atoms with Gasteiger partial charge < -0.3 is 9.84 Å². The van der Waals surface area contributed by atoms with E-state index in [-0.39, 0.29) is 5.69 Å². The van der Waals surface area contributed by atoms with Crippen LogP contribution in [-0.4, -0.2) is 32.7 Å². The van der Waals surface area contributed by atoms with Gasteiger partial charge in [-0.1, -0.05) is 22.9 Å². The molecule has 2 aromatic carbocycles. The summed E-state index contributed by atoms with van der Waals surface area (Å²) < 4.78 is 7.01. The van der Waals surface area contributed by atoms with Gasteiger partial charge in [-0.05, 0) is 50.2 Å². The number of rotatable bonds is 7. The van der Waals surface area contributed by atoms with E-state index in [1.54, 1.807) is 16.4 Å². The summed E-state index contributed by atoms with van der Waals surface area (Å²) in [6.45, 7) is 4.54. The highest BCUT2D eigenvalue weighted by Gasteiger charge is 2.20. The summed E-state index contributed by atoms with van der Waals surface area (Å²) in [5, 5.41) is 17.3. The number of thioether (sulfide) groups is 1. The molecule has 0 aliphatic rings. The first kappa shape index (κ1) is 18.0. The highest BCUT2D eigenvalue weighted by atomic mass is 32.2. The number of hydrogen-bond donors (Lipinski definition) is 1. The smallest absolute Gasteiger partial charge is 0.358 e. The third-order valence-electron chi connectivity index (χ3n) is 3.75. The van der Waals surface area contributed by atoms with Gasteiger partial charge >= 0.3 is 5.97 Å². The van der Waals surface area contributed by atoms with E-state index in [1.165, 1.54) is 5.56 Å². The molecular weight excluding hydrogens is 350 g/mol. The topological polar surface area (TPSA) is 77.2 Å². The Morgan fingerprint density at radius 1 is 1.15 bits per heavy atom. The largest absolute Gasteiger partial charge is 0.494 e. The third kappa shape index (κ3) is 4.05. The maximum Gasteiger partial charge on any atom is 0.358 e. The Bertz CT molecular complexity index is 889. The van der Waals surface area contributed by atoms with Crippen molar-refractivity contribution in [3.63, 3.8) is 0 Å². The molecule has 0 saturated carbocycles. The molecule has 0 saturated heterocycles. The standard InChI is InChI=1S/C19H19N3O3S/c1-3-25-15-8-6-14(7-9-15)22-17(18(19(23)24)20-21-22)12-26-16-10-4-13(2)5-11-16/h4-11H,3,12H2,1-2H3,(H,23,24). The summed E-state index contributed by atoms with van der Waals surface area (Å²) >= 11 is 1.55. The first-order chi connectivity index (χ1) is 12.6.